The zero-order chi connectivity index (χ0) is 12.4. The van der Waals surface area contributed by atoms with E-state index >= 15 is 0 Å². The van der Waals surface area contributed by atoms with Gasteiger partial charge in [-0.15, -0.1) is 0 Å². The molecule has 0 saturated carbocycles. The molecule has 0 saturated heterocycles. The van der Waals surface area contributed by atoms with Gasteiger partial charge in [0.15, 0.2) is 11.5 Å². The average molecular weight is 240 g/mol. The van der Waals surface area contributed by atoms with Gasteiger partial charge in [0.05, 0.1) is 19.1 Å². The van der Waals surface area contributed by atoms with Gasteiger partial charge in [-0.1, -0.05) is 0 Å². The summed E-state index contributed by atoms with van der Waals surface area (Å²) >= 11 is 0. The van der Waals surface area contributed by atoms with E-state index in [1.807, 2.05) is 18.2 Å². The van der Waals surface area contributed by atoms with Crippen LogP contribution in [0, 0.1) is 11.3 Å². The Morgan fingerprint density at radius 3 is 3.17 bits per heavy atom. The van der Waals surface area contributed by atoms with Crippen molar-refractivity contribution in [1.82, 2.24) is 19.9 Å². The van der Waals surface area contributed by atoms with Gasteiger partial charge in [0.1, 0.15) is 17.3 Å². The van der Waals surface area contributed by atoms with Crippen molar-refractivity contribution in [3.8, 4) is 6.07 Å². The number of nitrogens with one attached hydrogen (secondary N) is 2. The number of nitriles is 1. The lowest BCUT2D eigenvalue weighted by atomic mass is 10.4. The second-order valence-corrected chi connectivity index (χ2v) is 3.54. The number of anilines is 1. The normalized spacial score (nSPS) is 10.4. The number of aromatic amines is 1. The van der Waals surface area contributed by atoms with E-state index in [0.29, 0.717) is 23.5 Å². The highest BCUT2D eigenvalue weighted by Gasteiger charge is 2.09. The molecule has 0 aliphatic rings. The molecular weight excluding hydrogens is 232 g/mol. The summed E-state index contributed by atoms with van der Waals surface area (Å²) < 4.78 is 5.21. The topological polar surface area (TPSA) is 103 Å². The third-order valence-corrected chi connectivity index (χ3v) is 2.39. The highest BCUT2D eigenvalue weighted by molar-refractivity contribution is 5.82. The largest absolute Gasteiger partial charge is 0.467 e. The fourth-order valence-electron chi connectivity index (χ4n) is 1.59. The van der Waals surface area contributed by atoms with Gasteiger partial charge >= 0.3 is 0 Å². The summed E-state index contributed by atoms with van der Waals surface area (Å²) in [6.07, 6.45) is 3.11. The maximum absolute atomic E-state index is 8.86. The van der Waals surface area contributed by atoms with E-state index in [0.717, 1.165) is 5.76 Å². The molecule has 0 spiro atoms. The van der Waals surface area contributed by atoms with Crippen molar-refractivity contribution in [3.05, 3.63) is 36.3 Å². The Balaban J connectivity index is 1.95. The zero-order valence-electron chi connectivity index (χ0n) is 9.21. The summed E-state index contributed by atoms with van der Waals surface area (Å²) in [5.41, 5.74) is 1.13. The minimum atomic E-state index is 0.0914. The Morgan fingerprint density at radius 2 is 2.39 bits per heavy atom. The van der Waals surface area contributed by atoms with E-state index in [2.05, 4.69) is 25.3 Å². The number of aromatic nitrogens is 4. The molecule has 2 N–H and O–H groups in total. The minimum Gasteiger partial charge on any atom is -0.467 e. The highest BCUT2D eigenvalue weighted by atomic mass is 16.3. The van der Waals surface area contributed by atoms with Crippen molar-refractivity contribution >= 4 is 17.0 Å². The molecule has 3 heterocycles. The van der Waals surface area contributed by atoms with Crippen LogP contribution in [-0.2, 0) is 6.54 Å². The Kier molecular flexibility index (Phi) is 2.39. The molecule has 0 radical (unpaired) electrons. The molecule has 0 aliphatic carbocycles. The molecule has 0 aliphatic heterocycles. The number of furan rings is 1. The summed E-state index contributed by atoms with van der Waals surface area (Å²) in [6.45, 7) is 0.469. The molecule has 3 rings (SSSR count). The Labute approximate surface area is 102 Å². The molecule has 18 heavy (non-hydrogen) atoms. The second kappa shape index (κ2) is 4.18. The summed E-state index contributed by atoms with van der Waals surface area (Å²) in [5, 5.41) is 11.9. The number of H-pyrrole nitrogens is 1. The van der Waals surface area contributed by atoms with Gasteiger partial charge < -0.3 is 14.7 Å². The maximum Gasteiger partial charge on any atom is 0.236 e. The van der Waals surface area contributed by atoms with E-state index in [4.69, 9.17) is 9.68 Å². The molecule has 0 fully saturated rings. The number of hydrogen-bond acceptors (Lipinski definition) is 6. The lowest BCUT2D eigenvalue weighted by molar-refractivity contribution is 0.518. The molecule has 0 unspecified atom stereocenters. The van der Waals surface area contributed by atoms with Crippen molar-refractivity contribution in [2.24, 2.45) is 0 Å². The van der Waals surface area contributed by atoms with Crippen LogP contribution in [0.25, 0.3) is 11.2 Å². The van der Waals surface area contributed by atoms with Gasteiger partial charge in [0.2, 0.25) is 5.82 Å². The first-order chi connectivity index (χ1) is 8.86. The Bertz CT molecular complexity index is 709. The zero-order valence-corrected chi connectivity index (χ0v) is 9.21. The van der Waals surface area contributed by atoms with Crippen molar-refractivity contribution in [2.45, 2.75) is 6.54 Å². The van der Waals surface area contributed by atoms with Gasteiger partial charge in [-0.05, 0) is 12.1 Å². The molecule has 7 heteroatoms. The van der Waals surface area contributed by atoms with Crippen molar-refractivity contribution in [1.29, 1.82) is 5.26 Å². The smallest absolute Gasteiger partial charge is 0.236 e. The minimum absolute atomic E-state index is 0.0914. The van der Waals surface area contributed by atoms with Crippen LogP contribution in [-0.4, -0.2) is 19.9 Å². The fraction of sp³-hybridized carbons (Fsp3) is 0.0909. The summed E-state index contributed by atoms with van der Waals surface area (Å²) in [5.74, 6) is 1.37. The van der Waals surface area contributed by atoms with Crippen LogP contribution in [0.2, 0.25) is 0 Å². The first-order valence-electron chi connectivity index (χ1n) is 5.24. The van der Waals surface area contributed by atoms with Crippen molar-refractivity contribution in [2.75, 3.05) is 5.32 Å². The van der Waals surface area contributed by atoms with Gasteiger partial charge in [-0.25, -0.2) is 4.98 Å². The molecule has 0 aromatic carbocycles. The number of rotatable bonds is 3. The van der Waals surface area contributed by atoms with Crippen molar-refractivity contribution in [3.63, 3.8) is 0 Å². The van der Waals surface area contributed by atoms with Crippen LogP contribution >= 0.6 is 0 Å². The van der Waals surface area contributed by atoms with Gasteiger partial charge in [0.25, 0.3) is 0 Å². The lowest BCUT2D eigenvalue weighted by Crippen LogP contribution is -2.03. The van der Waals surface area contributed by atoms with Gasteiger partial charge in [-0.2, -0.15) is 15.2 Å². The Hall–Kier alpha value is -2.88. The second-order valence-electron chi connectivity index (χ2n) is 3.54. The lowest BCUT2D eigenvalue weighted by Gasteiger charge is -2.03. The van der Waals surface area contributed by atoms with Crippen LogP contribution in [0.1, 0.15) is 11.6 Å². The number of imidazole rings is 1. The monoisotopic (exact) mass is 240 g/mol. The van der Waals surface area contributed by atoms with Crippen LogP contribution in [0.15, 0.2) is 29.1 Å². The first kappa shape index (κ1) is 10.3. The van der Waals surface area contributed by atoms with E-state index < -0.39 is 0 Å². The third kappa shape index (κ3) is 1.76. The van der Waals surface area contributed by atoms with Crippen molar-refractivity contribution < 1.29 is 4.42 Å². The average Bonchev–Trinajstić information content (AvgIpc) is 3.06. The standard InChI is InChI=1S/C11H8N6O/c12-4-8-16-10(9-11(17-8)15-6-14-9)13-5-7-2-1-3-18-7/h1-3,6H,5H2,(H2,13,14,15,16,17). The van der Waals surface area contributed by atoms with Gasteiger partial charge in [0, 0.05) is 0 Å². The molecule has 88 valence electrons. The summed E-state index contributed by atoms with van der Waals surface area (Å²) in [6, 6.07) is 5.56. The molecule has 7 nitrogen and oxygen atoms in total. The summed E-state index contributed by atoms with van der Waals surface area (Å²) in [4.78, 5) is 15.1. The molecule has 3 aromatic rings. The van der Waals surface area contributed by atoms with E-state index in [1.54, 1.807) is 6.26 Å². The Morgan fingerprint density at radius 1 is 1.44 bits per heavy atom. The highest BCUT2D eigenvalue weighted by Crippen LogP contribution is 2.17. The van der Waals surface area contributed by atoms with Gasteiger partial charge in [-0.3, -0.25) is 0 Å². The van der Waals surface area contributed by atoms with E-state index in [1.165, 1.54) is 6.33 Å². The van der Waals surface area contributed by atoms with Crippen LogP contribution < -0.4 is 5.32 Å². The quantitative estimate of drug-likeness (QED) is 0.717. The van der Waals surface area contributed by atoms with E-state index in [-0.39, 0.29) is 5.82 Å². The molecule has 0 bridgehead atoms. The number of hydrogen-bond donors (Lipinski definition) is 2. The van der Waals surface area contributed by atoms with Crippen LogP contribution in [0.4, 0.5) is 5.82 Å². The van der Waals surface area contributed by atoms with Crippen LogP contribution in [0.3, 0.4) is 0 Å². The third-order valence-electron chi connectivity index (χ3n) is 2.39. The maximum atomic E-state index is 8.86. The van der Waals surface area contributed by atoms with E-state index in [9.17, 15) is 0 Å². The molecule has 0 atom stereocenters. The molecule has 0 amide bonds. The number of nitrogens with zero attached hydrogens (tertiary/aromatic N) is 4. The fourth-order valence-corrected chi connectivity index (χ4v) is 1.59. The summed E-state index contributed by atoms with van der Waals surface area (Å²) in [7, 11) is 0. The molecular formula is C11H8N6O. The molecule has 3 aromatic heterocycles. The first-order valence-corrected chi connectivity index (χ1v) is 5.24. The van der Waals surface area contributed by atoms with Crippen LogP contribution in [0.5, 0.6) is 0 Å². The predicted octanol–water partition coefficient (Wildman–Crippen LogP) is 1.43. The SMILES string of the molecule is N#Cc1nc(NCc2ccco2)c2nc[nH]c2n1. The predicted molar refractivity (Wildman–Crippen MR) is 62.4 cm³/mol. The number of fused-ring (bicyclic) bond motifs is 1.